The lowest BCUT2D eigenvalue weighted by atomic mass is 9.93. The first-order valence-electron chi connectivity index (χ1n) is 13.0. The summed E-state index contributed by atoms with van der Waals surface area (Å²) in [6.07, 6.45) is 2.19. The number of amides is 2. The molecule has 0 unspecified atom stereocenters. The molecule has 2 heterocycles. The lowest BCUT2D eigenvalue weighted by molar-refractivity contribution is 0.0953. The van der Waals surface area contributed by atoms with E-state index in [-0.39, 0.29) is 17.6 Å². The summed E-state index contributed by atoms with van der Waals surface area (Å²) in [7, 11) is 0. The number of nitrogens with zero attached hydrogens (tertiary/aromatic N) is 2. The maximum Gasteiger partial charge on any atom is 0.291 e. The minimum atomic E-state index is -0.328. The molecular weight excluding hydrogens is 512 g/mol. The number of halogens is 1. The topological polar surface area (TPSA) is 88.6 Å². The summed E-state index contributed by atoms with van der Waals surface area (Å²) in [5.74, 6) is 0.329. The van der Waals surface area contributed by atoms with Gasteiger partial charge in [-0.2, -0.15) is 5.10 Å². The third-order valence-corrected chi connectivity index (χ3v) is 7.53. The number of hydrogen-bond acceptors (Lipinski definition) is 4. The van der Waals surface area contributed by atoms with Gasteiger partial charge in [-0.05, 0) is 75.2 Å². The Hall–Kier alpha value is -4.36. The van der Waals surface area contributed by atoms with Gasteiger partial charge >= 0.3 is 0 Å². The van der Waals surface area contributed by atoms with E-state index in [0.29, 0.717) is 46.2 Å². The van der Waals surface area contributed by atoms with Crippen LogP contribution in [-0.2, 0) is 13.0 Å². The Labute approximate surface area is 230 Å². The summed E-state index contributed by atoms with van der Waals surface area (Å²) in [5, 5.41) is 10.2. The third-order valence-electron chi connectivity index (χ3n) is 7.28. The second kappa shape index (κ2) is 10.1. The Kier molecular flexibility index (Phi) is 6.45. The van der Waals surface area contributed by atoms with Crippen LogP contribution in [0.15, 0.2) is 76.2 Å². The van der Waals surface area contributed by atoms with E-state index in [0.717, 1.165) is 34.8 Å². The molecule has 2 aromatic heterocycles. The summed E-state index contributed by atoms with van der Waals surface area (Å²) in [6, 6.07) is 20.9. The summed E-state index contributed by atoms with van der Waals surface area (Å²) in [6.45, 7) is 4.85. The third kappa shape index (κ3) is 4.49. The van der Waals surface area contributed by atoms with Gasteiger partial charge in [0, 0.05) is 62.2 Å². The largest absolute Gasteiger partial charge is 0.455 e. The van der Waals surface area contributed by atoms with E-state index in [9.17, 15) is 9.59 Å². The molecule has 0 saturated heterocycles. The van der Waals surface area contributed by atoms with Crippen LogP contribution in [0.3, 0.4) is 0 Å². The molecule has 2 N–H and O–H groups in total. The maximum atomic E-state index is 13.4. The first-order valence-corrected chi connectivity index (χ1v) is 13.4. The van der Waals surface area contributed by atoms with Crippen molar-refractivity contribution in [3.8, 4) is 0 Å². The average Bonchev–Trinajstić information content (AvgIpc) is 3.46. The molecule has 1 aliphatic carbocycles. The smallest absolute Gasteiger partial charge is 0.291 e. The molecule has 0 spiro atoms. The Bertz CT molecular complexity index is 1780. The van der Waals surface area contributed by atoms with Crippen LogP contribution in [0.2, 0.25) is 5.02 Å². The molecule has 6 rings (SSSR count). The van der Waals surface area contributed by atoms with Crippen LogP contribution in [0.1, 0.15) is 57.6 Å². The van der Waals surface area contributed by atoms with Crippen molar-refractivity contribution in [3.05, 3.63) is 100.0 Å². The first-order chi connectivity index (χ1) is 18.9. The number of para-hydroxylation sites is 1. The monoisotopic (exact) mass is 538 g/mol. The van der Waals surface area contributed by atoms with Crippen LogP contribution in [0.4, 0.5) is 5.69 Å². The van der Waals surface area contributed by atoms with E-state index < -0.39 is 0 Å². The number of carbonyl (C=O) groups excluding carboxylic acids is 2. The molecule has 0 bridgehead atoms. The fourth-order valence-electron chi connectivity index (χ4n) is 5.44. The molecule has 39 heavy (non-hydrogen) atoms. The van der Waals surface area contributed by atoms with E-state index in [1.165, 1.54) is 5.52 Å². The Morgan fingerprint density at radius 1 is 0.974 bits per heavy atom. The number of nitrogens with one attached hydrogen (secondary N) is 2. The Morgan fingerprint density at radius 3 is 2.54 bits per heavy atom. The molecule has 0 fully saturated rings. The molecule has 5 aromatic rings. The molecule has 3 aromatic carbocycles. The van der Waals surface area contributed by atoms with E-state index in [1.807, 2.05) is 37.3 Å². The molecule has 2 amide bonds. The predicted octanol–water partition coefficient (Wildman–Crippen LogP) is 7.09. The zero-order chi connectivity index (χ0) is 27.1. The van der Waals surface area contributed by atoms with Gasteiger partial charge in [-0.1, -0.05) is 29.8 Å². The number of carbonyl (C=O) groups is 2. The highest BCUT2D eigenvalue weighted by Gasteiger charge is 2.28. The number of rotatable bonds is 5. The second-order valence-electron chi connectivity index (χ2n) is 9.66. The van der Waals surface area contributed by atoms with Gasteiger partial charge in [-0.3, -0.25) is 9.59 Å². The number of hydrazone groups is 1. The second-order valence-corrected chi connectivity index (χ2v) is 10.1. The van der Waals surface area contributed by atoms with E-state index in [2.05, 4.69) is 39.5 Å². The molecule has 8 heteroatoms. The van der Waals surface area contributed by atoms with Gasteiger partial charge in [0.15, 0.2) is 5.76 Å². The maximum absolute atomic E-state index is 13.4. The molecule has 0 saturated carbocycles. The normalized spacial score (nSPS) is 14.1. The number of anilines is 1. The fraction of sp³-hybridized carbons (Fsp3) is 0.194. The van der Waals surface area contributed by atoms with Crippen LogP contribution < -0.4 is 10.7 Å². The molecular formula is C31H27ClN4O3. The number of fused-ring (bicyclic) bond motifs is 4. The lowest BCUT2D eigenvalue weighted by Gasteiger charge is -2.13. The number of hydrogen-bond donors (Lipinski definition) is 2. The quantitative estimate of drug-likeness (QED) is 0.234. The van der Waals surface area contributed by atoms with Gasteiger partial charge in [0.1, 0.15) is 5.76 Å². The summed E-state index contributed by atoms with van der Waals surface area (Å²) in [4.78, 5) is 25.9. The number of benzene rings is 3. The SMILES string of the molecule is CCn1c2ccccc2c2cc(NC(=O)c3oc4c(c3C)/C(=N/NC(=O)c3ccc(Cl)cc3)CCC4)ccc21. The number of aryl methyl sites for hydroxylation is 2. The van der Waals surface area contributed by atoms with Crippen molar-refractivity contribution >= 4 is 56.6 Å². The van der Waals surface area contributed by atoms with E-state index >= 15 is 0 Å². The molecule has 196 valence electrons. The van der Waals surface area contributed by atoms with Gasteiger partial charge < -0.3 is 14.3 Å². The highest BCUT2D eigenvalue weighted by atomic mass is 35.5. The van der Waals surface area contributed by atoms with Gasteiger partial charge in [-0.15, -0.1) is 0 Å². The minimum Gasteiger partial charge on any atom is -0.455 e. The zero-order valence-corrected chi connectivity index (χ0v) is 22.4. The summed E-state index contributed by atoms with van der Waals surface area (Å²) < 4.78 is 8.33. The Morgan fingerprint density at radius 2 is 1.74 bits per heavy atom. The van der Waals surface area contributed by atoms with Crippen LogP contribution >= 0.6 is 11.6 Å². The van der Waals surface area contributed by atoms with Crippen LogP contribution in [0, 0.1) is 6.92 Å². The van der Waals surface area contributed by atoms with Gasteiger partial charge in [0.25, 0.3) is 11.8 Å². The molecule has 0 aliphatic heterocycles. The number of furan rings is 1. The molecule has 1 aliphatic rings. The van der Waals surface area contributed by atoms with Crippen LogP contribution in [-0.4, -0.2) is 22.1 Å². The fourth-order valence-corrected chi connectivity index (χ4v) is 5.57. The predicted molar refractivity (Wildman–Crippen MR) is 155 cm³/mol. The van der Waals surface area contributed by atoms with Crippen molar-refractivity contribution in [2.75, 3.05) is 5.32 Å². The summed E-state index contributed by atoms with van der Waals surface area (Å²) >= 11 is 5.92. The van der Waals surface area contributed by atoms with E-state index in [1.54, 1.807) is 24.3 Å². The van der Waals surface area contributed by atoms with Crippen LogP contribution in [0.5, 0.6) is 0 Å². The van der Waals surface area contributed by atoms with Crippen LogP contribution in [0.25, 0.3) is 21.8 Å². The molecule has 0 atom stereocenters. The van der Waals surface area contributed by atoms with E-state index in [4.69, 9.17) is 16.0 Å². The summed E-state index contributed by atoms with van der Waals surface area (Å²) in [5.41, 5.74) is 8.30. The molecule has 7 nitrogen and oxygen atoms in total. The highest BCUT2D eigenvalue weighted by Crippen LogP contribution is 2.33. The van der Waals surface area contributed by atoms with Gasteiger partial charge in [-0.25, -0.2) is 5.43 Å². The standard InChI is InChI=1S/C31H27ClN4O3/c1-3-36-25-9-5-4-7-22(25)23-17-21(15-16-26(23)36)33-31(38)29-18(2)28-24(8-6-10-27(28)39-29)34-35-30(37)19-11-13-20(32)14-12-19/h4-5,7,9,11-17H,3,6,8,10H2,1-2H3,(H,33,38)(H,35,37)/b34-24+. The number of aromatic nitrogens is 1. The molecule has 0 radical (unpaired) electrons. The van der Waals surface area contributed by atoms with Crippen molar-refractivity contribution < 1.29 is 14.0 Å². The van der Waals surface area contributed by atoms with Gasteiger partial charge in [0.05, 0.1) is 5.71 Å². The lowest BCUT2D eigenvalue weighted by Crippen LogP contribution is -2.22. The van der Waals surface area contributed by atoms with Gasteiger partial charge in [0.2, 0.25) is 0 Å². The van der Waals surface area contributed by atoms with Crippen molar-refractivity contribution in [3.63, 3.8) is 0 Å². The first kappa shape index (κ1) is 24.9. The zero-order valence-electron chi connectivity index (χ0n) is 21.7. The average molecular weight is 539 g/mol. The van der Waals surface area contributed by atoms with Crippen molar-refractivity contribution in [1.29, 1.82) is 0 Å². The minimum absolute atomic E-state index is 0.259. The van der Waals surface area contributed by atoms with Crippen molar-refractivity contribution in [2.24, 2.45) is 5.10 Å². The van der Waals surface area contributed by atoms with Crippen molar-refractivity contribution in [1.82, 2.24) is 9.99 Å². The highest BCUT2D eigenvalue weighted by molar-refractivity contribution is 6.30. The van der Waals surface area contributed by atoms with Crippen molar-refractivity contribution in [2.45, 2.75) is 39.7 Å². The Balaban J connectivity index is 1.27.